The highest BCUT2D eigenvalue weighted by atomic mass is 35.5. The molecule has 1 unspecified atom stereocenters. The van der Waals surface area contributed by atoms with Gasteiger partial charge in [0.1, 0.15) is 0 Å². The van der Waals surface area contributed by atoms with Crippen LogP contribution in [0.15, 0.2) is 30.5 Å². The van der Waals surface area contributed by atoms with Crippen molar-refractivity contribution in [1.29, 1.82) is 0 Å². The Hall–Kier alpha value is -1.36. The average molecular weight is 294 g/mol. The predicted octanol–water partition coefficient (Wildman–Crippen LogP) is 2.98. The third kappa shape index (κ3) is 3.82. The zero-order chi connectivity index (χ0) is 14.4. The van der Waals surface area contributed by atoms with E-state index in [4.69, 9.17) is 16.7 Å². The lowest BCUT2D eigenvalue weighted by atomic mass is 10.1. The molecule has 0 saturated heterocycles. The number of H-pyrrole nitrogens is 1. The minimum absolute atomic E-state index is 0.206. The van der Waals surface area contributed by atoms with Gasteiger partial charge in [-0.1, -0.05) is 30.7 Å². The SMILES string of the molecule is CCC(CCO)NCc1cn[nH]c1-c1cccc(Cl)c1. The molecule has 0 spiro atoms. The van der Waals surface area contributed by atoms with Crippen LogP contribution < -0.4 is 5.32 Å². The number of aromatic amines is 1. The highest BCUT2D eigenvalue weighted by Crippen LogP contribution is 2.24. The van der Waals surface area contributed by atoms with Crippen molar-refractivity contribution in [3.05, 3.63) is 41.0 Å². The number of nitrogens with zero attached hydrogens (tertiary/aromatic N) is 1. The fourth-order valence-corrected chi connectivity index (χ4v) is 2.39. The Morgan fingerprint density at radius 3 is 3.00 bits per heavy atom. The molecule has 2 aromatic rings. The number of benzene rings is 1. The average Bonchev–Trinajstić information content (AvgIpc) is 2.92. The van der Waals surface area contributed by atoms with Crippen molar-refractivity contribution in [2.75, 3.05) is 6.61 Å². The molecule has 3 N–H and O–H groups in total. The molecule has 20 heavy (non-hydrogen) atoms. The number of aliphatic hydroxyl groups is 1. The zero-order valence-corrected chi connectivity index (χ0v) is 12.3. The molecule has 0 fully saturated rings. The molecule has 0 bridgehead atoms. The lowest BCUT2D eigenvalue weighted by Crippen LogP contribution is -2.28. The maximum atomic E-state index is 9.01. The van der Waals surface area contributed by atoms with Gasteiger partial charge in [-0.05, 0) is 25.0 Å². The Morgan fingerprint density at radius 2 is 2.30 bits per heavy atom. The Bertz CT molecular complexity index is 541. The van der Waals surface area contributed by atoms with Crippen molar-refractivity contribution in [2.45, 2.75) is 32.4 Å². The molecule has 1 atom stereocenters. The van der Waals surface area contributed by atoms with Gasteiger partial charge in [0.15, 0.2) is 0 Å². The van der Waals surface area contributed by atoms with E-state index in [0.717, 1.165) is 36.2 Å². The van der Waals surface area contributed by atoms with E-state index in [2.05, 4.69) is 22.4 Å². The van der Waals surface area contributed by atoms with E-state index in [0.29, 0.717) is 11.1 Å². The van der Waals surface area contributed by atoms with Crippen LogP contribution in [0.3, 0.4) is 0 Å². The molecule has 0 aliphatic heterocycles. The number of hydrogen-bond acceptors (Lipinski definition) is 3. The summed E-state index contributed by atoms with van der Waals surface area (Å²) in [5, 5.41) is 20.3. The molecule has 2 rings (SSSR count). The molecular weight excluding hydrogens is 274 g/mol. The van der Waals surface area contributed by atoms with Crippen molar-refractivity contribution >= 4 is 11.6 Å². The summed E-state index contributed by atoms with van der Waals surface area (Å²) in [6, 6.07) is 8.03. The second kappa shape index (κ2) is 7.43. The molecule has 0 radical (unpaired) electrons. The first-order chi connectivity index (χ1) is 9.74. The molecular formula is C15H20ClN3O. The largest absolute Gasteiger partial charge is 0.396 e. The number of rotatable bonds is 7. The molecule has 0 saturated carbocycles. The summed E-state index contributed by atoms with van der Waals surface area (Å²) in [4.78, 5) is 0. The minimum Gasteiger partial charge on any atom is -0.396 e. The Kier molecular flexibility index (Phi) is 5.59. The van der Waals surface area contributed by atoms with E-state index in [1.54, 1.807) is 0 Å². The summed E-state index contributed by atoms with van der Waals surface area (Å²) in [6.45, 7) is 3.04. The van der Waals surface area contributed by atoms with Gasteiger partial charge in [-0.15, -0.1) is 0 Å². The van der Waals surface area contributed by atoms with Gasteiger partial charge in [-0.25, -0.2) is 0 Å². The van der Waals surface area contributed by atoms with Crippen molar-refractivity contribution in [3.63, 3.8) is 0 Å². The summed E-state index contributed by atoms with van der Waals surface area (Å²) in [5.41, 5.74) is 3.12. The van der Waals surface area contributed by atoms with Crippen LogP contribution in [0.5, 0.6) is 0 Å². The monoisotopic (exact) mass is 293 g/mol. The molecule has 1 aromatic carbocycles. The fraction of sp³-hybridized carbons (Fsp3) is 0.400. The van der Waals surface area contributed by atoms with E-state index < -0.39 is 0 Å². The Balaban J connectivity index is 2.09. The standard InChI is InChI=1S/C15H20ClN3O/c1-2-14(6-7-20)17-9-12-10-18-19-15(12)11-4-3-5-13(16)8-11/h3-5,8,10,14,17,20H,2,6-7,9H2,1H3,(H,18,19). The number of halogens is 1. The van der Waals surface area contributed by atoms with Crippen LogP contribution in [0.25, 0.3) is 11.3 Å². The first-order valence-corrected chi connectivity index (χ1v) is 7.24. The van der Waals surface area contributed by atoms with Crippen LogP contribution in [0.2, 0.25) is 5.02 Å². The van der Waals surface area contributed by atoms with E-state index >= 15 is 0 Å². The van der Waals surface area contributed by atoms with E-state index in [1.807, 2.05) is 30.5 Å². The van der Waals surface area contributed by atoms with Gasteiger partial charge in [-0.3, -0.25) is 5.10 Å². The maximum absolute atomic E-state index is 9.01. The second-order valence-electron chi connectivity index (χ2n) is 4.78. The second-order valence-corrected chi connectivity index (χ2v) is 5.22. The molecule has 1 heterocycles. The number of nitrogens with one attached hydrogen (secondary N) is 2. The smallest absolute Gasteiger partial charge is 0.0695 e. The molecule has 0 amide bonds. The van der Waals surface area contributed by atoms with Crippen LogP contribution in [-0.4, -0.2) is 28.0 Å². The molecule has 1 aromatic heterocycles. The molecule has 0 aliphatic rings. The van der Waals surface area contributed by atoms with Crippen LogP contribution in [0.1, 0.15) is 25.3 Å². The first-order valence-electron chi connectivity index (χ1n) is 6.87. The predicted molar refractivity (Wildman–Crippen MR) is 81.7 cm³/mol. The summed E-state index contributed by atoms with van der Waals surface area (Å²) >= 11 is 6.03. The quantitative estimate of drug-likeness (QED) is 0.735. The van der Waals surface area contributed by atoms with Crippen LogP contribution in [0, 0.1) is 0 Å². The minimum atomic E-state index is 0.206. The number of aromatic nitrogens is 2. The highest BCUT2D eigenvalue weighted by Gasteiger charge is 2.10. The van der Waals surface area contributed by atoms with Crippen LogP contribution in [-0.2, 0) is 6.54 Å². The van der Waals surface area contributed by atoms with Gasteiger partial charge in [0, 0.05) is 35.3 Å². The van der Waals surface area contributed by atoms with Gasteiger partial charge in [-0.2, -0.15) is 5.10 Å². The Labute approximate surface area is 124 Å². The van der Waals surface area contributed by atoms with Crippen molar-refractivity contribution in [3.8, 4) is 11.3 Å². The molecule has 108 valence electrons. The Morgan fingerprint density at radius 1 is 1.45 bits per heavy atom. The van der Waals surface area contributed by atoms with Gasteiger partial charge < -0.3 is 10.4 Å². The normalized spacial score (nSPS) is 12.6. The van der Waals surface area contributed by atoms with Crippen molar-refractivity contribution in [2.24, 2.45) is 0 Å². The third-order valence-corrected chi connectivity index (χ3v) is 3.62. The van der Waals surface area contributed by atoms with Crippen molar-refractivity contribution < 1.29 is 5.11 Å². The van der Waals surface area contributed by atoms with E-state index in [1.165, 1.54) is 0 Å². The third-order valence-electron chi connectivity index (χ3n) is 3.38. The molecule has 0 aliphatic carbocycles. The lowest BCUT2D eigenvalue weighted by molar-refractivity contribution is 0.262. The topological polar surface area (TPSA) is 60.9 Å². The summed E-state index contributed by atoms with van der Waals surface area (Å²) in [5.74, 6) is 0. The van der Waals surface area contributed by atoms with Gasteiger partial charge in [0.05, 0.1) is 11.9 Å². The van der Waals surface area contributed by atoms with E-state index in [-0.39, 0.29) is 6.61 Å². The van der Waals surface area contributed by atoms with Gasteiger partial charge in [0.25, 0.3) is 0 Å². The van der Waals surface area contributed by atoms with E-state index in [9.17, 15) is 0 Å². The van der Waals surface area contributed by atoms with Gasteiger partial charge in [0.2, 0.25) is 0 Å². The zero-order valence-electron chi connectivity index (χ0n) is 11.6. The van der Waals surface area contributed by atoms with Crippen LogP contribution in [0.4, 0.5) is 0 Å². The fourth-order valence-electron chi connectivity index (χ4n) is 2.20. The van der Waals surface area contributed by atoms with Gasteiger partial charge >= 0.3 is 0 Å². The summed E-state index contributed by atoms with van der Waals surface area (Å²) in [7, 11) is 0. The lowest BCUT2D eigenvalue weighted by Gasteiger charge is -2.15. The highest BCUT2D eigenvalue weighted by molar-refractivity contribution is 6.30. The van der Waals surface area contributed by atoms with Crippen LogP contribution >= 0.6 is 11.6 Å². The number of aliphatic hydroxyl groups excluding tert-OH is 1. The maximum Gasteiger partial charge on any atom is 0.0695 e. The summed E-state index contributed by atoms with van der Waals surface area (Å²) in [6.07, 6.45) is 3.58. The number of hydrogen-bond donors (Lipinski definition) is 3. The summed E-state index contributed by atoms with van der Waals surface area (Å²) < 4.78 is 0. The first kappa shape index (κ1) is 15.0. The molecule has 5 heteroatoms. The molecule has 4 nitrogen and oxygen atoms in total. The van der Waals surface area contributed by atoms with Crippen molar-refractivity contribution in [1.82, 2.24) is 15.5 Å².